The van der Waals surface area contributed by atoms with Crippen LogP contribution in [0.1, 0.15) is 6.92 Å². The van der Waals surface area contributed by atoms with Crippen molar-refractivity contribution >= 4 is 11.6 Å². The number of nitrogens with one attached hydrogen (secondary N) is 2. The van der Waals surface area contributed by atoms with Gasteiger partial charge in [-0.1, -0.05) is 0 Å². The molecule has 0 unspecified atom stereocenters. The molecule has 0 saturated carbocycles. The van der Waals surface area contributed by atoms with Gasteiger partial charge >= 0.3 is 6.18 Å². The Labute approximate surface area is 113 Å². The van der Waals surface area contributed by atoms with Crippen LogP contribution in [0.5, 0.6) is 5.75 Å². The molecule has 0 radical (unpaired) electrons. The van der Waals surface area contributed by atoms with Crippen molar-refractivity contribution in [3.63, 3.8) is 0 Å². The third kappa shape index (κ3) is 5.87. The minimum Gasteiger partial charge on any atom is -0.491 e. The van der Waals surface area contributed by atoms with Crippen LogP contribution in [-0.4, -0.2) is 31.8 Å². The van der Waals surface area contributed by atoms with E-state index in [1.807, 2.05) is 5.32 Å². The summed E-state index contributed by atoms with van der Waals surface area (Å²) in [6, 6.07) is 3.76. The van der Waals surface area contributed by atoms with Crippen molar-refractivity contribution < 1.29 is 27.1 Å². The highest BCUT2D eigenvalue weighted by atomic mass is 19.4. The van der Waals surface area contributed by atoms with Gasteiger partial charge in [0.05, 0.1) is 19.7 Å². The minimum atomic E-state index is -4.38. The second kappa shape index (κ2) is 7.09. The Bertz CT molecular complexity index is 463. The lowest BCUT2D eigenvalue weighted by atomic mass is 10.3. The number of amides is 1. The van der Waals surface area contributed by atoms with Gasteiger partial charge in [0.2, 0.25) is 5.91 Å². The Kier molecular flexibility index (Phi) is 5.75. The van der Waals surface area contributed by atoms with E-state index in [0.29, 0.717) is 6.61 Å². The van der Waals surface area contributed by atoms with Gasteiger partial charge in [0, 0.05) is 11.8 Å². The molecule has 1 aromatic carbocycles. The molecule has 0 spiro atoms. The van der Waals surface area contributed by atoms with E-state index in [1.165, 1.54) is 12.1 Å². The number of halogens is 4. The first-order valence-electron chi connectivity index (χ1n) is 5.81. The first-order valence-corrected chi connectivity index (χ1v) is 5.81. The molecule has 4 nitrogen and oxygen atoms in total. The highest BCUT2D eigenvalue weighted by Crippen LogP contribution is 2.21. The molecule has 8 heteroatoms. The van der Waals surface area contributed by atoms with Crippen LogP contribution < -0.4 is 15.4 Å². The van der Waals surface area contributed by atoms with Gasteiger partial charge in [-0.05, 0) is 19.1 Å². The molecule has 20 heavy (non-hydrogen) atoms. The van der Waals surface area contributed by atoms with Gasteiger partial charge in [0.1, 0.15) is 0 Å². The Balaban J connectivity index is 2.48. The molecule has 2 N–H and O–H groups in total. The third-order valence-corrected chi connectivity index (χ3v) is 2.13. The van der Waals surface area contributed by atoms with Crippen LogP contribution in [0.4, 0.5) is 23.2 Å². The standard InChI is InChI=1S/C12H14F4N2O2/c1-2-20-10-4-3-8(5-9(10)13)18-11(19)6-17-7-12(14,15)16/h3-5,17H,2,6-7H2,1H3,(H,18,19). The third-order valence-electron chi connectivity index (χ3n) is 2.13. The van der Waals surface area contributed by atoms with Crippen LogP contribution in [0.25, 0.3) is 0 Å². The fourth-order valence-corrected chi connectivity index (χ4v) is 1.37. The van der Waals surface area contributed by atoms with E-state index >= 15 is 0 Å². The summed E-state index contributed by atoms with van der Waals surface area (Å²) in [5, 5.41) is 4.21. The maximum atomic E-state index is 13.5. The van der Waals surface area contributed by atoms with Gasteiger partial charge in [-0.25, -0.2) is 4.39 Å². The highest BCUT2D eigenvalue weighted by molar-refractivity contribution is 5.92. The summed E-state index contributed by atoms with van der Waals surface area (Å²) in [5.74, 6) is -1.31. The molecule has 0 aliphatic rings. The van der Waals surface area contributed by atoms with Gasteiger partial charge in [0.25, 0.3) is 0 Å². The summed E-state index contributed by atoms with van der Waals surface area (Å²) < 4.78 is 54.0. The number of anilines is 1. The maximum absolute atomic E-state index is 13.5. The summed E-state index contributed by atoms with van der Waals surface area (Å²) in [5.41, 5.74) is 0.143. The molecule has 112 valence electrons. The number of carbonyl (C=O) groups is 1. The van der Waals surface area contributed by atoms with Gasteiger partial charge in [-0.2, -0.15) is 13.2 Å². The second-order valence-electron chi connectivity index (χ2n) is 3.85. The molecule has 0 saturated heterocycles. The first kappa shape index (κ1) is 16.2. The van der Waals surface area contributed by atoms with Crippen LogP contribution >= 0.6 is 0 Å². The van der Waals surface area contributed by atoms with Crippen molar-refractivity contribution in [1.29, 1.82) is 0 Å². The average Bonchev–Trinajstić information content (AvgIpc) is 2.31. The fourth-order valence-electron chi connectivity index (χ4n) is 1.37. The van der Waals surface area contributed by atoms with Crippen LogP contribution in [0, 0.1) is 5.82 Å². The van der Waals surface area contributed by atoms with E-state index in [9.17, 15) is 22.4 Å². The van der Waals surface area contributed by atoms with Crippen LogP contribution in [0.3, 0.4) is 0 Å². The van der Waals surface area contributed by atoms with Crippen molar-refractivity contribution in [3.05, 3.63) is 24.0 Å². The molecule has 0 aromatic heterocycles. The minimum absolute atomic E-state index is 0.0423. The largest absolute Gasteiger partial charge is 0.491 e. The Morgan fingerprint density at radius 1 is 1.35 bits per heavy atom. The molecule has 0 aliphatic heterocycles. The van der Waals surface area contributed by atoms with Gasteiger partial charge in [0.15, 0.2) is 11.6 Å². The van der Waals surface area contributed by atoms with E-state index in [0.717, 1.165) is 6.07 Å². The SMILES string of the molecule is CCOc1ccc(NC(=O)CNCC(F)(F)F)cc1F. The maximum Gasteiger partial charge on any atom is 0.401 e. The summed E-state index contributed by atoms with van der Waals surface area (Å²) >= 11 is 0. The van der Waals surface area contributed by atoms with E-state index in [2.05, 4.69) is 5.32 Å². The predicted molar refractivity (Wildman–Crippen MR) is 65.1 cm³/mol. The number of alkyl halides is 3. The highest BCUT2D eigenvalue weighted by Gasteiger charge is 2.26. The number of carbonyl (C=O) groups excluding carboxylic acids is 1. The Morgan fingerprint density at radius 3 is 2.60 bits per heavy atom. The van der Waals surface area contributed by atoms with Crippen molar-refractivity contribution in [3.8, 4) is 5.75 Å². The van der Waals surface area contributed by atoms with Crippen LogP contribution in [0.2, 0.25) is 0 Å². The molecule has 0 bridgehead atoms. The van der Waals surface area contributed by atoms with E-state index in [4.69, 9.17) is 4.74 Å². The lowest BCUT2D eigenvalue weighted by Crippen LogP contribution is -2.35. The molecule has 1 amide bonds. The Hall–Kier alpha value is -1.83. The smallest absolute Gasteiger partial charge is 0.401 e. The zero-order valence-corrected chi connectivity index (χ0v) is 10.7. The summed E-state index contributed by atoms with van der Waals surface area (Å²) in [4.78, 5) is 11.3. The number of rotatable bonds is 6. The van der Waals surface area contributed by atoms with E-state index in [-0.39, 0.29) is 11.4 Å². The van der Waals surface area contributed by atoms with E-state index < -0.39 is 31.0 Å². The van der Waals surface area contributed by atoms with Crippen LogP contribution in [-0.2, 0) is 4.79 Å². The number of hydrogen-bond donors (Lipinski definition) is 2. The number of ether oxygens (including phenoxy) is 1. The van der Waals surface area contributed by atoms with Gasteiger partial charge < -0.3 is 15.4 Å². The van der Waals surface area contributed by atoms with Gasteiger partial charge in [-0.15, -0.1) is 0 Å². The van der Waals surface area contributed by atoms with Crippen molar-refractivity contribution in [2.45, 2.75) is 13.1 Å². The molecule has 1 aromatic rings. The quantitative estimate of drug-likeness (QED) is 0.792. The van der Waals surface area contributed by atoms with Crippen molar-refractivity contribution in [1.82, 2.24) is 5.32 Å². The zero-order valence-electron chi connectivity index (χ0n) is 10.7. The first-order chi connectivity index (χ1) is 9.31. The predicted octanol–water partition coefficient (Wildman–Crippen LogP) is 2.31. The summed E-state index contributed by atoms with van der Waals surface area (Å²) in [6.07, 6.45) is -4.38. The van der Waals surface area contributed by atoms with Crippen molar-refractivity contribution in [2.75, 3.05) is 25.0 Å². The normalized spacial score (nSPS) is 11.2. The Morgan fingerprint density at radius 2 is 2.05 bits per heavy atom. The molecular formula is C12H14F4N2O2. The fraction of sp³-hybridized carbons (Fsp3) is 0.417. The molecule has 1 rings (SSSR count). The second-order valence-corrected chi connectivity index (χ2v) is 3.85. The monoisotopic (exact) mass is 294 g/mol. The lowest BCUT2D eigenvalue weighted by Gasteiger charge is -2.10. The number of hydrogen-bond acceptors (Lipinski definition) is 3. The molecular weight excluding hydrogens is 280 g/mol. The lowest BCUT2D eigenvalue weighted by molar-refractivity contribution is -0.126. The molecule has 0 fully saturated rings. The molecule has 0 aliphatic carbocycles. The van der Waals surface area contributed by atoms with Gasteiger partial charge in [-0.3, -0.25) is 4.79 Å². The topological polar surface area (TPSA) is 50.4 Å². The van der Waals surface area contributed by atoms with Crippen LogP contribution in [0.15, 0.2) is 18.2 Å². The average molecular weight is 294 g/mol. The molecule has 0 atom stereocenters. The van der Waals surface area contributed by atoms with E-state index in [1.54, 1.807) is 6.92 Å². The number of benzene rings is 1. The zero-order chi connectivity index (χ0) is 15.2. The molecule has 0 heterocycles. The summed E-state index contributed by atoms with van der Waals surface area (Å²) in [6.45, 7) is 0.206. The van der Waals surface area contributed by atoms with Crippen molar-refractivity contribution in [2.24, 2.45) is 0 Å². The summed E-state index contributed by atoms with van der Waals surface area (Å²) in [7, 11) is 0.